The minimum atomic E-state index is -3.47. The molecule has 0 aliphatic carbocycles. The molecule has 0 radical (unpaired) electrons. The van der Waals surface area contributed by atoms with Gasteiger partial charge in [-0.1, -0.05) is 13.0 Å². The lowest BCUT2D eigenvalue weighted by atomic mass is 9.89. The number of ether oxygens (including phenoxy) is 1. The first-order valence-electron chi connectivity index (χ1n) is 6.15. The number of nitrogens with two attached hydrogens (primary N) is 1. The quantitative estimate of drug-likeness (QED) is 0.739. The van der Waals surface area contributed by atoms with Crippen molar-refractivity contribution in [1.29, 1.82) is 0 Å². The Hall–Kier alpha value is -0.390. The molecule has 0 aromatic rings. The third kappa shape index (κ3) is 4.77. The summed E-state index contributed by atoms with van der Waals surface area (Å²) in [5.74, 6) is 0.449. The molecule has 0 saturated carbocycles. The molecule has 2 N–H and O–H groups in total. The van der Waals surface area contributed by atoms with Gasteiger partial charge in [0.25, 0.3) is 0 Å². The van der Waals surface area contributed by atoms with Gasteiger partial charge in [0.2, 0.25) is 10.0 Å². The van der Waals surface area contributed by atoms with Crippen LogP contribution in [0, 0.1) is 11.8 Å². The van der Waals surface area contributed by atoms with Crippen molar-refractivity contribution in [3.63, 3.8) is 0 Å². The van der Waals surface area contributed by atoms with Gasteiger partial charge in [-0.2, -0.15) is 0 Å². The van der Waals surface area contributed by atoms with E-state index in [1.807, 2.05) is 6.92 Å². The summed E-state index contributed by atoms with van der Waals surface area (Å²) in [6.07, 6.45) is 4.97. The maximum Gasteiger partial charge on any atom is 0.212 e. The molecule has 1 aliphatic rings. The molecule has 0 aromatic heterocycles. The van der Waals surface area contributed by atoms with Crippen molar-refractivity contribution < 1.29 is 13.2 Å². The van der Waals surface area contributed by atoms with Gasteiger partial charge in [0.1, 0.15) is 0 Å². The van der Waals surface area contributed by atoms with E-state index in [1.54, 1.807) is 6.08 Å². The largest absolute Gasteiger partial charge is 0.381 e. The van der Waals surface area contributed by atoms with Crippen molar-refractivity contribution in [2.45, 2.75) is 37.9 Å². The standard InChI is InChI=1S/C12H23NO3S/c1-3-4-10(2)12(17(13,14)15)9-11-5-7-16-8-6-11/h3,10-12H,1,4-9H2,2H3,(H2,13,14,15). The van der Waals surface area contributed by atoms with Crippen molar-refractivity contribution in [2.75, 3.05) is 13.2 Å². The summed E-state index contributed by atoms with van der Waals surface area (Å²) in [6.45, 7) is 7.05. The SMILES string of the molecule is C=CCC(C)C(CC1CCOCC1)S(N)(=O)=O. The maximum absolute atomic E-state index is 11.6. The smallest absolute Gasteiger partial charge is 0.212 e. The highest BCUT2D eigenvalue weighted by molar-refractivity contribution is 7.89. The highest BCUT2D eigenvalue weighted by atomic mass is 32.2. The Labute approximate surface area is 104 Å². The molecule has 5 heteroatoms. The fourth-order valence-corrected chi connectivity index (χ4v) is 3.71. The average Bonchev–Trinajstić information content (AvgIpc) is 2.26. The van der Waals surface area contributed by atoms with Crippen LogP contribution in [0.4, 0.5) is 0 Å². The molecular formula is C12H23NO3S. The molecule has 1 aliphatic heterocycles. The Morgan fingerprint density at radius 2 is 2.06 bits per heavy atom. The molecule has 2 atom stereocenters. The van der Waals surface area contributed by atoms with Crippen molar-refractivity contribution in [3.05, 3.63) is 12.7 Å². The molecule has 2 unspecified atom stereocenters. The van der Waals surface area contributed by atoms with Crippen LogP contribution in [0.15, 0.2) is 12.7 Å². The zero-order valence-electron chi connectivity index (χ0n) is 10.5. The predicted molar refractivity (Wildman–Crippen MR) is 69.0 cm³/mol. The van der Waals surface area contributed by atoms with E-state index >= 15 is 0 Å². The maximum atomic E-state index is 11.6. The van der Waals surface area contributed by atoms with Gasteiger partial charge in [0, 0.05) is 13.2 Å². The molecule has 0 spiro atoms. The van der Waals surface area contributed by atoms with E-state index < -0.39 is 15.3 Å². The molecular weight excluding hydrogens is 238 g/mol. The third-order valence-electron chi connectivity index (χ3n) is 3.50. The summed E-state index contributed by atoms with van der Waals surface area (Å²) in [7, 11) is -3.47. The summed E-state index contributed by atoms with van der Waals surface area (Å²) < 4.78 is 28.5. The third-order valence-corrected chi connectivity index (χ3v) is 5.00. The van der Waals surface area contributed by atoms with Crippen LogP contribution < -0.4 is 5.14 Å². The first-order chi connectivity index (χ1) is 7.95. The van der Waals surface area contributed by atoms with Crippen molar-refractivity contribution in [2.24, 2.45) is 17.0 Å². The van der Waals surface area contributed by atoms with Gasteiger partial charge in [-0.25, -0.2) is 13.6 Å². The predicted octanol–water partition coefficient (Wildman–Crippen LogP) is 1.67. The normalized spacial score (nSPS) is 22.0. The molecule has 1 saturated heterocycles. The van der Waals surface area contributed by atoms with Crippen molar-refractivity contribution in [1.82, 2.24) is 0 Å². The van der Waals surface area contributed by atoms with Gasteiger partial charge in [0.05, 0.1) is 5.25 Å². The second-order valence-electron chi connectivity index (χ2n) is 4.92. The number of hydrogen-bond acceptors (Lipinski definition) is 3. The van der Waals surface area contributed by atoms with Crippen LogP contribution in [-0.2, 0) is 14.8 Å². The lowest BCUT2D eigenvalue weighted by Gasteiger charge is -2.28. The minimum absolute atomic E-state index is 0.0327. The molecule has 17 heavy (non-hydrogen) atoms. The summed E-state index contributed by atoms with van der Waals surface area (Å²) in [6, 6.07) is 0. The highest BCUT2D eigenvalue weighted by Gasteiger charge is 2.30. The molecule has 0 aromatic carbocycles. The van der Waals surface area contributed by atoms with Crippen LogP contribution in [0.1, 0.15) is 32.6 Å². The highest BCUT2D eigenvalue weighted by Crippen LogP contribution is 2.27. The Morgan fingerprint density at radius 1 is 1.47 bits per heavy atom. The van der Waals surface area contributed by atoms with E-state index in [-0.39, 0.29) is 5.92 Å². The van der Waals surface area contributed by atoms with Crippen molar-refractivity contribution >= 4 is 10.0 Å². The monoisotopic (exact) mass is 261 g/mol. The topological polar surface area (TPSA) is 69.4 Å². The Kier molecular flexibility index (Phi) is 5.62. The molecule has 1 fully saturated rings. The van der Waals surface area contributed by atoms with E-state index in [9.17, 15) is 8.42 Å². The van der Waals surface area contributed by atoms with E-state index in [1.165, 1.54) is 0 Å². The van der Waals surface area contributed by atoms with Gasteiger partial charge in [-0.15, -0.1) is 6.58 Å². The van der Waals surface area contributed by atoms with Gasteiger partial charge in [-0.3, -0.25) is 0 Å². The first-order valence-corrected chi connectivity index (χ1v) is 7.76. The second kappa shape index (κ2) is 6.52. The van der Waals surface area contributed by atoms with Crippen LogP contribution >= 0.6 is 0 Å². The molecule has 100 valence electrons. The molecule has 1 rings (SSSR count). The van der Waals surface area contributed by atoms with Gasteiger partial charge >= 0.3 is 0 Å². The van der Waals surface area contributed by atoms with Crippen LogP contribution in [0.5, 0.6) is 0 Å². The zero-order chi connectivity index (χ0) is 12.9. The summed E-state index contributed by atoms with van der Waals surface area (Å²) in [5, 5.41) is 4.88. The van der Waals surface area contributed by atoms with Crippen LogP contribution in [0.2, 0.25) is 0 Å². The molecule has 1 heterocycles. The summed E-state index contributed by atoms with van der Waals surface area (Å²) >= 11 is 0. The lowest BCUT2D eigenvalue weighted by Crippen LogP contribution is -2.36. The molecule has 0 amide bonds. The first kappa shape index (κ1) is 14.7. The molecule has 4 nitrogen and oxygen atoms in total. The summed E-state index contributed by atoms with van der Waals surface area (Å²) in [4.78, 5) is 0. The van der Waals surface area contributed by atoms with Crippen LogP contribution in [0.3, 0.4) is 0 Å². The van der Waals surface area contributed by atoms with E-state index in [0.29, 0.717) is 18.8 Å². The fraction of sp³-hybridized carbons (Fsp3) is 0.833. The lowest BCUT2D eigenvalue weighted by molar-refractivity contribution is 0.0624. The Morgan fingerprint density at radius 3 is 2.53 bits per heavy atom. The zero-order valence-corrected chi connectivity index (χ0v) is 11.3. The van der Waals surface area contributed by atoms with Crippen LogP contribution in [-0.4, -0.2) is 26.9 Å². The Bertz CT molecular complexity index is 334. The summed E-state index contributed by atoms with van der Waals surface area (Å²) in [5.41, 5.74) is 0. The minimum Gasteiger partial charge on any atom is -0.381 e. The van der Waals surface area contributed by atoms with E-state index in [2.05, 4.69) is 6.58 Å². The van der Waals surface area contributed by atoms with Crippen LogP contribution in [0.25, 0.3) is 0 Å². The van der Waals surface area contributed by atoms with E-state index in [0.717, 1.165) is 26.1 Å². The van der Waals surface area contributed by atoms with E-state index in [4.69, 9.17) is 9.88 Å². The number of primary sulfonamides is 1. The molecule has 0 bridgehead atoms. The fourth-order valence-electron chi connectivity index (χ4n) is 2.42. The number of sulfonamides is 1. The average molecular weight is 261 g/mol. The second-order valence-corrected chi connectivity index (χ2v) is 6.70. The Balaban J connectivity index is 2.66. The van der Waals surface area contributed by atoms with Gasteiger partial charge in [0.15, 0.2) is 0 Å². The van der Waals surface area contributed by atoms with Crippen molar-refractivity contribution in [3.8, 4) is 0 Å². The van der Waals surface area contributed by atoms with Gasteiger partial charge < -0.3 is 4.74 Å². The number of hydrogen-bond donors (Lipinski definition) is 1. The number of allylic oxidation sites excluding steroid dienone is 1. The van der Waals surface area contributed by atoms with Gasteiger partial charge in [-0.05, 0) is 37.5 Å². The number of rotatable bonds is 6.